The molecule has 0 bridgehead atoms. The van der Waals surface area contributed by atoms with Gasteiger partial charge in [0.2, 0.25) is 5.91 Å². The number of aromatic nitrogens is 2. The van der Waals surface area contributed by atoms with E-state index in [2.05, 4.69) is 48.2 Å². The molecule has 0 unspecified atom stereocenters. The van der Waals surface area contributed by atoms with E-state index in [4.69, 9.17) is 0 Å². The maximum atomic E-state index is 12.6. The van der Waals surface area contributed by atoms with Gasteiger partial charge in [-0.2, -0.15) is 0 Å². The molecule has 0 saturated carbocycles. The van der Waals surface area contributed by atoms with Crippen LogP contribution >= 0.6 is 23.1 Å². The summed E-state index contributed by atoms with van der Waals surface area (Å²) in [6.45, 7) is 10.8. The normalized spacial score (nSPS) is 13.5. The van der Waals surface area contributed by atoms with E-state index in [1.54, 1.807) is 11.3 Å². The number of hydrogen-bond acceptors (Lipinski definition) is 5. The Morgan fingerprint density at radius 1 is 1.15 bits per heavy atom. The summed E-state index contributed by atoms with van der Waals surface area (Å²) >= 11 is 3.20. The zero-order chi connectivity index (χ0) is 19.6. The number of fused-ring (bicyclic) bond motifs is 1. The van der Waals surface area contributed by atoms with Crippen LogP contribution < -0.4 is 5.32 Å². The fraction of sp³-hybridized carbons (Fsp3) is 0.381. The second-order valence-corrected chi connectivity index (χ2v) is 9.39. The van der Waals surface area contributed by atoms with Gasteiger partial charge in [-0.15, -0.1) is 11.3 Å². The molecular weight excluding hydrogens is 374 g/mol. The van der Waals surface area contributed by atoms with Crippen LogP contribution in [-0.2, 0) is 4.79 Å². The Labute approximate surface area is 168 Å². The Kier molecular flexibility index (Phi) is 6.17. The molecule has 0 fully saturated rings. The number of rotatable bonds is 6. The third-order valence-corrected chi connectivity index (χ3v) is 6.90. The summed E-state index contributed by atoms with van der Waals surface area (Å²) in [6, 6.07) is 10.3. The third-order valence-electron chi connectivity index (χ3n) is 4.72. The minimum Gasteiger partial charge on any atom is -0.355 e. The summed E-state index contributed by atoms with van der Waals surface area (Å²) in [7, 11) is 0. The minimum atomic E-state index is -0.218. The predicted octanol–water partition coefficient (Wildman–Crippen LogP) is 5.02. The highest BCUT2D eigenvalue weighted by atomic mass is 32.2. The van der Waals surface area contributed by atoms with Gasteiger partial charge < -0.3 is 5.32 Å². The summed E-state index contributed by atoms with van der Waals surface area (Å²) in [4.78, 5) is 24.1. The number of amides is 1. The molecule has 1 amide bonds. The largest absolute Gasteiger partial charge is 0.355 e. The van der Waals surface area contributed by atoms with Crippen LogP contribution in [0.2, 0.25) is 0 Å². The molecule has 2 aromatic heterocycles. The summed E-state index contributed by atoms with van der Waals surface area (Å²) in [5.41, 5.74) is 2.44. The molecule has 2 atom stereocenters. The SMILES string of the molecule is Cc1nc(S[C@@H](C)C(=O)NC[C@@H](C)c2ccccc2)c2c(C)c(C)sc2n1. The first-order chi connectivity index (χ1) is 12.9. The average Bonchev–Trinajstić information content (AvgIpc) is 2.93. The number of hydrogen-bond donors (Lipinski definition) is 1. The van der Waals surface area contributed by atoms with Crippen LogP contribution in [0.25, 0.3) is 10.2 Å². The zero-order valence-corrected chi connectivity index (χ0v) is 18.0. The molecule has 6 heteroatoms. The molecule has 0 aliphatic rings. The van der Waals surface area contributed by atoms with Gasteiger partial charge in [-0.25, -0.2) is 9.97 Å². The van der Waals surface area contributed by atoms with E-state index in [-0.39, 0.29) is 17.1 Å². The minimum absolute atomic E-state index is 0.0387. The van der Waals surface area contributed by atoms with Crippen LogP contribution in [0.3, 0.4) is 0 Å². The Morgan fingerprint density at radius 2 is 1.85 bits per heavy atom. The number of benzene rings is 1. The summed E-state index contributed by atoms with van der Waals surface area (Å²) in [5, 5.41) is 4.85. The molecule has 0 spiro atoms. The molecule has 4 nitrogen and oxygen atoms in total. The first-order valence-corrected chi connectivity index (χ1v) is 10.8. The van der Waals surface area contributed by atoms with Crippen LogP contribution in [-0.4, -0.2) is 27.7 Å². The fourth-order valence-electron chi connectivity index (χ4n) is 2.92. The van der Waals surface area contributed by atoms with Gasteiger partial charge in [0.15, 0.2) is 0 Å². The van der Waals surface area contributed by atoms with Crippen LogP contribution in [0, 0.1) is 20.8 Å². The number of nitrogens with zero attached hydrogens (tertiary/aromatic N) is 2. The summed E-state index contributed by atoms with van der Waals surface area (Å²) in [6.07, 6.45) is 0. The van der Waals surface area contributed by atoms with Crippen LogP contribution in [0.4, 0.5) is 0 Å². The smallest absolute Gasteiger partial charge is 0.233 e. The zero-order valence-electron chi connectivity index (χ0n) is 16.4. The highest BCUT2D eigenvalue weighted by molar-refractivity contribution is 8.00. The molecule has 0 saturated heterocycles. The second kappa shape index (κ2) is 8.40. The quantitative estimate of drug-likeness (QED) is 0.467. The lowest BCUT2D eigenvalue weighted by molar-refractivity contribution is -0.120. The van der Waals surface area contributed by atoms with Crippen LogP contribution in [0.1, 0.15) is 41.6 Å². The number of nitrogens with one attached hydrogen (secondary N) is 1. The van der Waals surface area contributed by atoms with E-state index >= 15 is 0 Å². The topological polar surface area (TPSA) is 54.9 Å². The van der Waals surface area contributed by atoms with Crippen molar-refractivity contribution in [2.45, 2.75) is 50.8 Å². The lowest BCUT2D eigenvalue weighted by Gasteiger charge is -2.16. The van der Waals surface area contributed by atoms with Crippen molar-refractivity contribution in [3.8, 4) is 0 Å². The molecule has 0 aliphatic heterocycles. The molecule has 0 aliphatic carbocycles. The van der Waals surface area contributed by atoms with E-state index in [0.29, 0.717) is 6.54 Å². The van der Waals surface area contributed by atoms with Crippen molar-refractivity contribution in [3.63, 3.8) is 0 Å². The van der Waals surface area contributed by atoms with Crippen molar-refractivity contribution in [1.82, 2.24) is 15.3 Å². The van der Waals surface area contributed by atoms with E-state index < -0.39 is 0 Å². The van der Waals surface area contributed by atoms with Gasteiger partial charge in [0.25, 0.3) is 0 Å². The van der Waals surface area contributed by atoms with E-state index in [0.717, 1.165) is 21.1 Å². The molecule has 3 aromatic rings. The van der Waals surface area contributed by atoms with Crippen LogP contribution in [0.5, 0.6) is 0 Å². The molecule has 2 heterocycles. The van der Waals surface area contributed by atoms with E-state index in [1.165, 1.54) is 27.8 Å². The third kappa shape index (κ3) is 4.50. The van der Waals surface area contributed by atoms with Gasteiger partial charge in [-0.05, 0) is 44.7 Å². The molecule has 27 heavy (non-hydrogen) atoms. The standard InChI is InChI=1S/C21H25N3OS2/c1-12(17-9-7-6-8-10-17)11-22-19(25)15(4)27-21-18-13(2)14(3)26-20(18)23-16(5)24-21/h6-10,12,15H,11H2,1-5H3,(H,22,25)/t12-,15+/m1/s1. The average molecular weight is 400 g/mol. The van der Waals surface area contributed by atoms with Gasteiger partial charge in [0, 0.05) is 16.8 Å². The van der Waals surface area contributed by atoms with Gasteiger partial charge in [-0.1, -0.05) is 49.0 Å². The lowest BCUT2D eigenvalue weighted by Crippen LogP contribution is -2.33. The number of carbonyl (C=O) groups excluding carboxylic acids is 1. The first kappa shape index (κ1) is 19.8. The highest BCUT2D eigenvalue weighted by Gasteiger charge is 2.20. The fourth-order valence-corrected chi connectivity index (χ4v) is 5.13. The Hall–Kier alpha value is -1.92. The first-order valence-electron chi connectivity index (χ1n) is 9.10. The number of thioether (sulfide) groups is 1. The van der Waals surface area contributed by atoms with Crippen molar-refractivity contribution in [1.29, 1.82) is 0 Å². The van der Waals surface area contributed by atoms with Crippen molar-refractivity contribution in [2.75, 3.05) is 6.54 Å². The number of carbonyl (C=O) groups is 1. The van der Waals surface area contributed by atoms with Crippen molar-refractivity contribution < 1.29 is 4.79 Å². The number of aryl methyl sites for hydroxylation is 3. The Balaban J connectivity index is 1.69. The molecule has 1 N–H and O–H groups in total. The Bertz CT molecular complexity index is 953. The Morgan fingerprint density at radius 3 is 2.56 bits per heavy atom. The lowest BCUT2D eigenvalue weighted by atomic mass is 10.0. The molecule has 1 aromatic carbocycles. The molecule has 142 valence electrons. The molecular formula is C21H25N3OS2. The molecule has 3 rings (SSSR count). The van der Waals surface area contributed by atoms with Gasteiger partial charge >= 0.3 is 0 Å². The second-order valence-electron chi connectivity index (χ2n) is 6.86. The monoisotopic (exact) mass is 399 g/mol. The van der Waals surface area contributed by atoms with Crippen LogP contribution in [0.15, 0.2) is 35.4 Å². The van der Waals surface area contributed by atoms with Crippen molar-refractivity contribution in [3.05, 3.63) is 52.2 Å². The maximum absolute atomic E-state index is 12.6. The molecule has 0 radical (unpaired) electrons. The van der Waals surface area contributed by atoms with Crippen molar-refractivity contribution >= 4 is 39.2 Å². The van der Waals surface area contributed by atoms with E-state index in [9.17, 15) is 4.79 Å². The number of thiophene rings is 1. The maximum Gasteiger partial charge on any atom is 0.233 e. The predicted molar refractivity (Wildman–Crippen MR) is 115 cm³/mol. The van der Waals surface area contributed by atoms with Gasteiger partial charge in [-0.3, -0.25) is 4.79 Å². The summed E-state index contributed by atoms with van der Waals surface area (Å²) < 4.78 is 0. The van der Waals surface area contributed by atoms with E-state index in [1.807, 2.05) is 32.0 Å². The van der Waals surface area contributed by atoms with Crippen molar-refractivity contribution in [2.24, 2.45) is 0 Å². The summed E-state index contributed by atoms with van der Waals surface area (Å²) in [5.74, 6) is 1.07. The van der Waals surface area contributed by atoms with Gasteiger partial charge in [0.05, 0.1) is 5.25 Å². The van der Waals surface area contributed by atoms with Gasteiger partial charge in [0.1, 0.15) is 15.7 Å². The highest BCUT2D eigenvalue weighted by Crippen LogP contribution is 2.36.